The molecular formula is C16H23NO2. The zero-order valence-corrected chi connectivity index (χ0v) is 11.3. The molecule has 2 unspecified atom stereocenters. The number of hydrogen-bond donors (Lipinski definition) is 2. The van der Waals surface area contributed by atoms with Gasteiger partial charge in [0.05, 0.1) is 12.7 Å². The molecule has 0 amide bonds. The van der Waals surface area contributed by atoms with Crippen molar-refractivity contribution in [3.63, 3.8) is 0 Å². The highest BCUT2D eigenvalue weighted by Crippen LogP contribution is 2.33. The highest BCUT2D eigenvalue weighted by molar-refractivity contribution is 5.40. The van der Waals surface area contributed by atoms with Crippen LogP contribution in [0.2, 0.25) is 0 Å². The van der Waals surface area contributed by atoms with Crippen molar-refractivity contribution < 1.29 is 9.84 Å². The van der Waals surface area contributed by atoms with Gasteiger partial charge in [-0.05, 0) is 36.3 Å². The van der Waals surface area contributed by atoms with Gasteiger partial charge in [-0.25, -0.2) is 0 Å². The van der Waals surface area contributed by atoms with Crippen molar-refractivity contribution in [2.75, 3.05) is 26.3 Å². The fourth-order valence-corrected chi connectivity index (χ4v) is 2.68. The Morgan fingerprint density at radius 3 is 2.95 bits per heavy atom. The zero-order chi connectivity index (χ0) is 13.1. The number of aliphatic hydroxyl groups is 1. The van der Waals surface area contributed by atoms with Gasteiger partial charge in [0.1, 0.15) is 0 Å². The summed E-state index contributed by atoms with van der Waals surface area (Å²) in [6, 6.07) is 8.61. The average Bonchev–Trinajstić information content (AvgIpc) is 3.19. The Balaban J connectivity index is 1.28. The number of fused-ring (bicyclic) bond motifs is 1. The second kappa shape index (κ2) is 6.04. The Morgan fingerprint density at radius 1 is 1.32 bits per heavy atom. The lowest BCUT2D eigenvalue weighted by molar-refractivity contribution is 0.0324. The third-order valence-electron chi connectivity index (χ3n) is 4.09. The first-order valence-electron chi connectivity index (χ1n) is 7.37. The first kappa shape index (κ1) is 13.1. The molecule has 104 valence electrons. The minimum Gasteiger partial charge on any atom is -0.389 e. The number of rotatable bonds is 8. The first-order chi connectivity index (χ1) is 9.33. The summed E-state index contributed by atoms with van der Waals surface area (Å²) in [6.07, 6.45) is 3.39. The Morgan fingerprint density at radius 2 is 2.16 bits per heavy atom. The summed E-state index contributed by atoms with van der Waals surface area (Å²) >= 11 is 0. The van der Waals surface area contributed by atoms with Gasteiger partial charge in [-0.1, -0.05) is 24.3 Å². The van der Waals surface area contributed by atoms with Crippen LogP contribution in [0.3, 0.4) is 0 Å². The summed E-state index contributed by atoms with van der Waals surface area (Å²) in [4.78, 5) is 0. The van der Waals surface area contributed by atoms with E-state index in [4.69, 9.17) is 4.74 Å². The van der Waals surface area contributed by atoms with Crippen LogP contribution in [-0.4, -0.2) is 37.5 Å². The van der Waals surface area contributed by atoms with Crippen molar-refractivity contribution in [2.45, 2.75) is 31.3 Å². The fraction of sp³-hybridized carbons (Fsp3) is 0.625. The Labute approximate surface area is 115 Å². The number of nitrogens with one attached hydrogen (secondary N) is 1. The molecule has 2 aliphatic carbocycles. The maximum atomic E-state index is 9.79. The van der Waals surface area contributed by atoms with Crippen LogP contribution in [0.25, 0.3) is 0 Å². The van der Waals surface area contributed by atoms with Crippen LogP contribution in [0.15, 0.2) is 24.3 Å². The van der Waals surface area contributed by atoms with Crippen LogP contribution < -0.4 is 5.32 Å². The number of benzene rings is 1. The molecule has 0 radical (unpaired) electrons. The van der Waals surface area contributed by atoms with E-state index in [0.717, 1.165) is 25.5 Å². The molecule has 1 aromatic rings. The molecule has 1 fully saturated rings. The van der Waals surface area contributed by atoms with E-state index in [0.29, 0.717) is 19.1 Å². The van der Waals surface area contributed by atoms with Crippen LogP contribution >= 0.6 is 0 Å². The minimum absolute atomic E-state index is 0.380. The molecule has 3 nitrogen and oxygen atoms in total. The monoisotopic (exact) mass is 261 g/mol. The molecule has 1 aromatic carbocycles. The largest absolute Gasteiger partial charge is 0.389 e. The van der Waals surface area contributed by atoms with Crippen LogP contribution in [0.5, 0.6) is 0 Å². The zero-order valence-electron chi connectivity index (χ0n) is 11.3. The first-order valence-corrected chi connectivity index (χ1v) is 7.37. The summed E-state index contributed by atoms with van der Waals surface area (Å²) in [5, 5.41) is 13.1. The Hall–Kier alpha value is -0.900. The molecule has 2 atom stereocenters. The van der Waals surface area contributed by atoms with E-state index in [1.165, 1.54) is 24.0 Å². The maximum absolute atomic E-state index is 9.79. The molecular weight excluding hydrogens is 238 g/mol. The summed E-state index contributed by atoms with van der Waals surface area (Å²) in [7, 11) is 0. The van der Waals surface area contributed by atoms with Crippen LogP contribution in [0.4, 0.5) is 0 Å². The van der Waals surface area contributed by atoms with Crippen molar-refractivity contribution in [3.8, 4) is 0 Å². The SMILES string of the molecule is OC(CNCC1Cc2ccccc21)COCC1CC1. The van der Waals surface area contributed by atoms with Crippen molar-refractivity contribution >= 4 is 0 Å². The number of aliphatic hydroxyl groups excluding tert-OH is 1. The second-order valence-electron chi connectivity index (χ2n) is 5.89. The molecule has 2 aliphatic rings. The highest BCUT2D eigenvalue weighted by Gasteiger charge is 2.25. The van der Waals surface area contributed by atoms with Crippen molar-refractivity contribution in [2.24, 2.45) is 5.92 Å². The molecule has 0 bridgehead atoms. The van der Waals surface area contributed by atoms with Gasteiger partial charge in [0.25, 0.3) is 0 Å². The van der Waals surface area contributed by atoms with Crippen LogP contribution in [0, 0.1) is 5.92 Å². The number of ether oxygens (including phenoxy) is 1. The van der Waals surface area contributed by atoms with E-state index >= 15 is 0 Å². The van der Waals surface area contributed by atoms with Gasteiger partial charge in [-0.3, -0.25) is 0 Å². The van der Waals surface area contributed by atoms with Crippen molar-refractivity contribution in [1.29, 1.82) is 0 Å². The molecule has 0 heterocycles. The van der Waals surface area contributed by atoms with Crippen molar-refractivity contribution in [3.05, 3.63) is 35.4 Å². The molecule has 2 N–H and O–H groups in total. The predicted octanol–water partition coefficient (Wildman–Crippen LogP) is 1.70. The summed E-state index contributed by atoms with van der Waals surface area (Å²) < 4.78 is 5.48. The summed E-state index contributed by atoms with van der Waals surface area (Å²) in [6.45, 7) is 2.87. The van der Waals surface area contributed by atoms with Crippen LogP contribution in [0.1, 0.15) is 29.9 Å². The molecule has 0 aliphatic heterocycles. The average molecular weight is 261 g/mol. The normalized spacial score (nSPS) is 22.7. The lowest BCUT2D eigenvalue weighted by Crippen LogP contribution is -2.35. The van der Waals surface area contributed by atoms with Gasteiger partial charge in [0.15, 0.2) is 0 Å². The third-order valence-corrected chi connectivity index (χ3v) is 4.09. The third kappa shape index (κ3) is 3.56. The van der Waals surface area contributed by atoms with Gasteiger partial charge in [0.2, 0.25) is 0 Å². The molecule has 0 aromatic heterocycles. The molecule has 0 saturated heterocycles. The molecule has 1 saturated carbocycles. The van der Waals surface area contributed by atoms with Crippen molar-refractivity contribution in [1.82, 2.24) is 5.32 Å². The van der Waals surface area contributed by atoms with Gasteiger partial charge in [-0.2, -0.15) is 0 Å². The standard InChI is InChI=1S/C16H23NO2/c18-15(11-19-10-12-5-6-12)9-17-8-14-7-13-3-1-2-4-16(13)14/h1-4,12,14-15,17-18H,5-11H2. The van der Waals surface area contributed by atoms with Gasteiger partial charge in [-0.15, -0.1) is 0 Å². The molecule has 0 spiro atoms. The Kier molecular flexibility index (Phi) is 4.16. The number of hydrogen-bond acceptors (Lipinski definition) is 3. The van der Waals surface area contributed by atoms with E-state index in [1.807, 2.05) is 0 Å². The lowest BCUT2D eigenvalue weighted by atomic mass is 9.77. The topological polar surface area (TPSA) is 41.5 Å². The van der Waals surface area contributed by atoms with Gasteiger partial charge >= 0.3 is 0 Å². The quantitative estimate of drug-likeness (QED) is 0.748. The van der Waals surface area contributed by atoms with Gasteiger partial charge < -0.3 is 15.2 Å². The lowest BCUT2D eigenvalue weighted by Gasteiger charge is -2.30. The summed E-state index contributed by atoms with van der Waals surface area (Å²) in [5.41, 5.74) is 2.94. The van der Waals surface area contributed by atoms with E-state index in [9.17, 15) is 5.11 Å². The molecule has 3 rings (SSSR count). The van der Waals surface area contributed by atoms with Crippen LogP contribution in [-0.2, 0) is 11.2 Å². The van der Waals surface area contributed by atoms with E-state index in [-0.39, 0.29) is 6.10 Å². The summed E-state index contributed by atoms with van der Waals surface area (Å²) in [5.74, 6) is 1.39. The van der Waals surface area contributed by atoms with E-state index in [2.05, 4.69) is 29.6 Å². The Bertz CT molecular complexity index is 417. The smallest absolute Gasteiger partial charge is 0.0897 e. The second-order valence-corrected chi connectivity index (χ2v) is 5.89. The predicted molar refractivity (Wildman–Crippen MR) is 75.3 cm³/mol. The molecule has 19 heavy (non-hydrogen) atoms. The maximum Gasteiger partial charge on any atom is 0.0897 e. The fourth-order valence-electron chi connectivity index (χ4n) is 2.68. The molecule has 3 heteroatoms. The van der Waals surface area contributed by atoms with E-state index < -0.39 is 0 Å². The van der Waals surface area contributed by atoms with E-state index in [1.54, 1.807) is 0 Å². The van der Waals surface area contributed by atoms with Gasteiger partial charge in [0, 0.05) is 25.6 Å². The minimum atomic E-state index is -0.380. The highest BCUT2D eigenvalue weighted by atomic mass is 16.5.